The van der Waals surface area contributed by atoms with Crippen LogP contribution in [0.15, 0.2) is 36.4 Å². The van der Waals surface area contributed by atoms with Gasteiger partial charge in [0, 0.05) is 5.69 Å². The molecule has 2 bridgehead atoms. The fraction of sp³-hybridized carbons (Fsp3) is 0.500. The maximum atomic E-state index is 13.1. The highest BCUT2D eigenvalue weighted by Gasteiger charge is 2.61. The molecule has 4 rings (SSSR count). The van der Waals surface area contributed by atoms with E-state index in [0.717, 1.165) is 17.7 Å². The van der Waals surface area contributed by atoms with Crippen molar-refractivity contribution in [3.05, 3.63) is 42.0 Å². The number of nitrogens with one attached hydrogen (secondary N) is 1. The number of benzene rings is 1. The zero-order chi connectivity index (χ0) is 25.3. The van der Waals surface area contributed by atoms with Crippen LogP contribution >= 0.6 is 0 Å². The Balaban J connectivity index is 1.34. The molecule has 2 fully saturated rings. The molecule has 1 saturated heterocycles. The number of anilines is 1. The minimum atomic E-state index is -1.08. The maximum Gasteiger partial charge on any atom is 0.338 e. The number of hydrogen-bond donors (Lipinski definition) is 1. The third-order valence-corrected chi connectivity index (χ3v) is 6.84. The molecule has 1 heterocycles. The van der Waals surface area contributed by atoms with Gasteiger partial charge in [0.05, 0.1) is 24.0 Å². The number of carbonyl (C=O) groups is 5. The molecule has 0 aromatic heterocycles. The van der Waals surface area contributed by atoms with Crippen molar-refractivity contribution in [1.82, 2.24) is 4.90 Å². The van der Waals surface area contributed by atoms with Crippen molar-refractivity contribution < 1.29 is 33.4 Å². The van der Waals surface area contributed by atoms with Crippen LogP contribution in [0.25, 0.3) is 0 Å². The number of rotatable bonds is 9. The summed E-state index contributed by atoms with van der Waals surface area (Å²) < 4.78 is 10.3. The van der Waals surface area contributed by atoms with E-state index in [0.29, 0.717) is 17.9 Å². The molecular formula is C26H30N2O7. The number of esters is 2. The number of fused-ring (bicyclic) bond motifs is 5. The summed E-state index contributed by atoms with van der Waals surface area (Å²) in [5.74, 6) is -3.56. The minimum absolute atomic E-state index is 0.0425. The second-order valence-corrected chi connectivity index (χ2v) is 9.60. The highest BCUT2D eigenvalue weighted by Crippen LogP contribution is 2.53. The van der Waals surface area contributed by atoms with Gasteiger partial charge in [-0.25, -0.2) is 9.59 Å². The Morgan fingerprint density at radius 1 is 1.00 bits per heavy atom. The van der Waals surface area contributed by atoms with Gasteiger partial charge in [0.15, 0.2) is 6.61 Å². The van der Waals surface area contributed by atoms with Gasteiger partial charge in [0.2, 0.25) is 11.8 Å². The lowest BCUT2D eigenvalue weighted by molar-refractivity contribution is -0.162. The summed E-state index contributed by atoms with van der Waals surface area (Å²) in [5.41, 5.74) is 0.773. The Morgan fingerprint density at radius 3 is 2.14 bits per heavy atom. The van der Waals surface area contributed by atoms with Crippen LogP contribution in [-0.2, 0) is 28.7 Å². The van der Waals surface area contributed by atoms with E-state index in [4.69, 9.17) is 9.47 Å². The van der Waals surface area contributed by atoms with Gasteiger partial charge in [-0.3, -0.25) is 19.3 Å². The van der Waals surface area contributed by atoms with E-state index in [-0.39, 0.29) is 29.6 Å². The lowest BCUT2D eigenvalue weighted by Gasteiger charge is -2.28. The fourth-order valence-corrected chi connectivity index (χ4v) is 5.26. The van der Waals surface area contributed by atoms with E-state index in [1.54, 1.807) is 26.0 Å². The molecule has 0 spiro atoms. The number of nitrogens with zero attached hydrogens (tertiary/aromatic N) is 1. The van der Waals surface area contributed by atoms with E-state index < -0.39 is 42.3 Å². The predicted octanol–water partition coefficient (Wildman–Crippen LogP) is 2.57. The second-order valence-electron chi connectivity index (χ2n) is 9.60. The first-order chi connectivity index (χ1) is 16.7. The number of carbonyl (C=O) groups excluding carboxylic acids is 5. The van der Waals surface area contributed by atoms with Gasteiger partial charge < -0.3 is 14.8 Å². The standard InChI is InChI=1S/C26H30N2O7/c1-4-11-34-25(32)15-7-9-18(10-8-15)27-19(29)13-35-26(33)22(14(2)3)28-23(30)20-16-5-6-17(12-16)21(20)24(28)31/h5-10,14,16-17,20-22H,4,11-13H2,1-3H3,(H,27,29)/t16-,17-,20-,21+,22-/m0/s1. The third-order valence-electron chi connectivity index (χ3n) is 6.84. The summed E-state index contributed by atoms with van der Waals surface area (Å²) in [7, 11) is 0. The van der Waals surface area contributed by atoms with E-state index in [2.05, 4.69) is 5.32 Å². The average molecular weight is 483 g/mol. The molecule has 5 atom stereocenters. The van der Waals surface area contributed by atoms with Crippen LogP contribution < -0.4 is 5.32 Å². The summed E-state index contributed by atoms with van der Waals surface area (Å²) >= 11 is 0. The van der Waals surface area contributed by atoms with Crippen molar-refractivity contribution in [2.75, 3.05) is 18.5 Å². The van der Waals surface area contributed by atoms with Crippen LogP contribution in [0.1, 0.15) is 44.0 Å². The van der Waals surface area contributed by atoms with Crippen molar-refractivity contribution in [2.45, 2.75) is 39.7 Å². The Bertz CT molecular complexity index is 1030. The largest absolute Gasteiger partial charge is 0.462 e. The number of allylic oxidation sites excluding steroid dienone is 2. The highest BCUT2D eigenvalue weighted by atomic mass is 16.5. The molecule has 9 nitrogen and oxygen atoms in total. The Morgan fingerprint density at radius 2 is 1.60 bits per heavy atom. The van der Waals surface area contributed by atoms with Crippen LogP contribution in [0.4, 0.5) is 5.69 Å². The third kappa shape index (κ3) is 4.72. The molecule has 9 heteroatoms. The zero-order valence-corrected chi connectivity index (χ0v) is 20.1. The van der Waals surface area contributed by atoms with Crippen LogP contribution in [0.2, 0.25) is 0 Å². The molecule has 2 aliphatic carbocycles. The second kappa shape index (κ2) is 10.0. The van der Waals surface area contributed by atoms with Crippen LogP contribution in [0.3, 0.4) is 0 Å². The maximum absolute atomic E-state index is 13.1. The number of hydrogen-bond acceptors (Lipinski definition) is 7. The van der Waals surface area contributed by atoms with E-state index in [1.807, 2.05) is 19.1 Å². The Hall–Kier alpha value is -3.49. The van der Waals surface area contributed by atoms with Crippen molar-refractivity contribution in [3.8, 4) is 0 Å². The quantitative estimate of drug-likeness (QED) is 0.326. The molecule has 1 aromatic carbocycles. The zero-order valence-electron chi connectivity index (χ0n) is 20.1. The topological polar surface area (TPSA) is 119 Å². The summed E-state index contributed by atoms with van der Waals surface area (Å²) in [6, 6.07) is 5.06. The molecular weight excluding hydrogens is 452 g/mol. The first kappa shape index (κ1) is 24.6. The lowest BCUT2D eigenvalue weighted by Crippen LogP contribution is -2.50. The van der Waals surface area contributed by atoms with Crippen LogP contribution in [0.5, 0.6) is 0 Å². The predicted molar refractivity (Wildman–Crippen MR) is 125 cm³/mol. The van der Waals surface area contributed by atoms with Gasteiger partial charge >= 0.3 is 11.9 Å². The molecule has 0 unspecified atom stereocenters. The molecule has 35 heavy (non-hydrogen) atoms. The van der Waals surface area contributed by atoms with E-state index in [1.165, 1.54) is 12.1 Å². The average Bonchev–Trinajstić information content (AvgIpc) is 3.51. The number of imide groups is 1. The molecule has 1 aliphatic heterocycles. The fourth-order valence-electron chi connectivity index (χ4n) is 5.26. The SMILES string of the molecule is CCCOC(=O)c1ccc(NC(=O)COC(=O)[C@H](C(C)C)N2C(=O)[C@@H]3[C@H](C2=O)[C@H]2C=C[C@H]3C2)cc1. The first-order valence-corrected chi connectivity index (χ1v) is 12.0. The van der Waals surface area contributed by atoms with Gasteiger partial charge in [0.25, 0.3) is 5.91 Å². The van der Waals surface area contributed by atoms with Crippen molar-refractivity contribution in [1.29, 1.82) is 0 Å². The van der Waals surface area contributed by atoms with Crippen LogP contribution in [-0.4, -0.2) is 53.8 Å². The highest BCUT2D eigenvalue weighted by molar-refractivity contribution is 6.09. The molecule has 3 amide bonds. The summed E-state index contributed by atoms with van der Waals surface area (Å²) in [6.07, 6.45) is 5.51. The van der Waals surface area contributed by atoms with Gasteiger partial charge in [0.1, 0.15) is 6.04 Å². The van der Waals surface area contributed by atoms with Crippen molar-refractivity contribution in [3.63, 3.8) is 0 Å². The Kier molecular flexibility index (Phi) is 7.05. The summed E-state index contributed by atoms with van der Waals surface area (Å²) in [6.45, 7) is 5.13. The number of amides is 3. The Labute approximate surface area is 203 Å². The van der Waals surface area contributed by atoms with E-state index >= 15 is 0 Å². The first-order valence-electron chi connectivity index (χ1n) is 12.0. The molecule has 1 N–H and O–H groups in total. The van der Waals surface area contributed by atoms with Gasteiger partial charge in [-0.2, -0.15) is 0 Å². The summed E-state index contributed by atoms with van der Waals surface area (Å²) in [5, 5.41) is 2.59. The van der Waals surface area contributed by atoms with E-state index in [9.17, 15) is 24.0 Å². The molecule has 1 saturated carbocycles. The van der Waals surface area contributed by atoms with Crippen molar-refractivity contribution >= 4 is 35.3 Å². The normalized spacial score (nSPS) is 25.1. The monoisotopic (exact) mass is 482 g/mol. The molecule has 3 aliphatic rings. The number of ether oxygens (including phenoxy) is 2. The lowest BCUT2D eigenvalue weighted by atomic mass is 9.85. The number of likely N-dealkylation sites (tertiary alicyclic amines) is 1. The van der Waals surface area contributed by atoms with Crippen molar-refractivity contribution in [2.24, 2.45) is 29.6 Å². The molecule has 0 radical (unpaired) electrons. The van der Waals surface area contributed by atoms with Gasteiger partial charge in [-0.05, 0) is 54.9 Å². The smallest absolute Gasteiger partial charge is 0.338 e. The van der Waals surface area contributed by atoms with Gasteiger partial charge in [-0.1, -0.05) is 32.9 Å². The van der Waals surface area contributed by atoms with Crippen LogP contribution in [0, 0.1) is 29.6 Å². The molecule has 186 valence electrons. The summed E-state index contributed by atoms with van der Waals surface area (Å²) in [4.78, 5) is 64.4. The minimum Gasteiger partial charge on any atom is -0.462 e. The molecule has 1 aromatic rings. The van der Waals surface area contributed by atoms with Gasteiger partial charge in [-0.15, -0.1) is 0 Å².